The lowest BCUT2D eigenvalue weighted by molar-refractivity contribution is 0.300. The van der Waals surface area contributed by atoms with Crippen molar-refractivity contribution in [1.82, 2.24) is 0 Å². The van der Waals surface area contributed by atoms with Crippen LogP contribution in [-0.4, -0.2) is 13.7 Å². The van der Waals surface area contributed by atoms with E-state index in [2.05, 4.69) is 0 Å². The summed E-state index contributed by atoms with van der Waals surface area (Å²) in [6.07, 6.45) is 0. The number of methoxy groups -OCH3 is 1. The predicted molar refractivity (Wildman–Crippen MR) is 79.8 cm³/mol. The summed E-state index contributed by atoms with van der Waals surface area (Å²) in [6.45, 7) is 0.853. The highest BCUT2D eigenvalue weighted by Gasteiger charge is 2.12. The molecule has 1 atom stereocenters. The van der Waals surface area contributed by atoms with Crippen LogP contribution in [-0.2, 0) is 6.61 Å². The van der Waals surface area contributed by atoms with Gasteiger partial charge in [-0.2, -0.15) is 0 Å². The standard InChI is InChI=1S/C16H20N2O2/c1-19-13-7-8-16(14(9-13)15(18)10-17)20-11-12-5-3-2-4-6-12/h2-9,15H,10-11,17-18H2,1H3. The van der Waals surface area contributed by atoms with E-state index in [1.165, 1.54) is 0 Å². The normalized spacial score (nSPS) is 11.9. The molecule has 0 amide bonds. The van der Waals surface area contributed by atoms with Gasteiger partial charge in [0.2, 0.25) is 0 Å². The third-order valence-corrected chi connectivity index (χ3v) is 3.11. The predicted octanol–water partition coefficient (Wildman–Crippen LogP) is 2.23. The average Bonchev–Trinajstić information content (AvgIpc) is 2.53. The van der Waals surface area contributed by atoms with E-state index < -0.39 is 0 Å². The summed E-state index contributed by atoms with van der Waals surface area (Å²) in [5.74, 6) is 1.49. The number of benzene rings is 2. The molecule has 1 unspecified atom stereocenters. The lowest BCUT2D eigenvalue weighted by Crippen LogP contribution is -2.21. The van der Waals surface area contributed by atoms with Crippen molar-refractivity contribution in [3.05, 3.63) is 59.7 Å². The number of ether oxygens (including phenoxy) is 2. The van der Waals surface area contributed by atoms with E-state index in [-0.39, 0.29) is 6.04 Å². The Kier molecular flexibility index (Phi) is 4.98. The first-order chi connectivity index (χ1) is 9.74. The van der Waals surface area contributed by atoms with Gasteiger partial charge in [0.05, 0.1) is 7.11 Å². The highest BCUT2D eigenvalue weighted by Crippen LogP contribution is 2.28. The van der Waals surface area contributed by atoms with E-state index in [0.717, 1.165) is 22.6 Å². The Labute approximate surface area is 119 Å². The van der Waals surface area contributed by atoms with Crippen LogP contribution < -0.4 is 20.9 Å². The van der Waals surface area contributed by atoms with Crippen LogP contribution in [0.15, 0.2) is 48.5 Å². The zero-order valence-electron chi connectivity index (χ0n) is 11.6. The summed E-state index contributed by atoms with van der Waals surface area (Å²) in [5.41, 5.74) is 13.6. The van der Waals surface area contributed by atoms with Gasteiger partial charge in [0.15, 0.2) is 0 Å². The fraction of sp³-hybridized carbons (Fsp3) is 0.250. The summed E-state index contributed by atoms with van der Waals surface area (Å²) in [7, 11) is 1.62. The molecule has 0 spiro atoms. The SMILES string of the molecule is COc1ccc(OCc2ccccc2)c(C(N)CN)c1. The summed E-state index contributed by atoms with van der Waals surface area (Å²) in [5, 5.41) is 0. The van der Waals surface area contributed by atoms with Gasteiger partial charge in [-0.05, 0) is 23.8 Å². The molecule has 0 aromatic heterocycles. The lowest BCUT2D eigenvalue weighted by atomic mass is 10.1. The van der Waals surface area contributed by atoms with Crippen molar-refractivity contribution in [2.75, 3.05) is 13.7 Å². The lowest BCUT2D eigenvalue weighted by Gasteiger charge is -2.17. The van der Waals surface area contributed by atoms with Gasteiger partial charge in [0.1, 0.15) is 18.1 Å². The van der Waals surface area contributed by atoms with Crippen LogP contribution in [0.25, 0.3) is 0 Å². The Bertz CT molecular complexity index is 543. The molecule has 4 nitrogen and oxygen atoms in total. The topological polar surface area (TPSA) is 70.5 Å². The van der Waals surface area contributed by atoms with E-state index in [9.17, 15) is 0 Å². The number of nitrogens with two attached hydrogens (primary N) is 2. The van der Waals surface area contributed by atoms with Gasteiger partial charge in [0.25, 0.3) is 0 Å². The first-order valence-corrected chi connectivity index (χ1v) is 6.55. The van der Waals surface area contributed by atoms with Crippen LogP contribution in [0.4, 0.5) is 0 Å². The van der Waals surface area contributed by atoms with Crippen molar-refractivity contribution >= 4 is 0 Å². The van der Waals surface area contributed by atoms with Crippen molar-refractivity contribution < 1.29 is 9.47 Å². The highest BCUT2D eigenvalue weighted by molar-refractivity contribution is 5.42. The summed E-state index contributed by atoms with van der Waals surface area (Å²) < 4.78 is 11.1. The number of rotatable bonds is 6. The molecule has 2 aromatic rings. The molecule has 2 aromatic carbocycles. The molecular formula is C16H20N2O2. The molecule has 4 N–H and O–H groups in total. The molecule has 0 bridgehead atoms. The Balaban J connectivity index is 2.17. The van der Waals surface area contributed by atoms with Crippen molar-refractivity contribution in [2.45, 2.75) is 12.6 Å². The maximum absolute atomic E-state index is 6.03. The molecule has 0 aliphatic carbocycles. The molecular weight excluding hydrogens is 252 g/mol. The van der Waals surface area contributed by atoms with Crippen molar-refractivity contribution in [3.8, 4) is 11.5 Å². The van der Waals surface area contributed by atoms with E-state index in [0.29, 0.717) is 13.2 Å². The Hall–Kier alpha value is -2.04. The summed E-state index contributed by atoms with van der Waals surface area (Å²) >= 11 is 0. The van der Waals surface area contributed by atoms with Crippen LogP contribution in [0.5, 0.6) is 11.5 Å². The molecule has 20 heavy (non-hydrogen) atoms. The minimum absolute atomic E-state index is 0.268. The second kappa shape index (κ2) is 6.93. The van der Waals surface area contributed by atoms with Crippen LogP contribution in [0.3, 0.4) is 0 Å². The van der Waals surface area contributed by atoms with Gasteiger partial charge in [-0.15, -0.1) is 0 Å². The maximum atomic E-state index is 6.03. The second-order valence-electron chi connectivity index (χ2n) is 4.52. The van der Waals surface area contributed by atoms with Gasteiger partial charge in [-0.3, -0.25) is 0 Å². The Morgan fingerprint density at radius 1 is 1.10 bits per heavy atom. The van der Waals surface area contributed by atoms with Gasteiger partial charge >= 0.3 is 0 Å². The van der Waals surface area contributed by atoms with Crippen LogP contribution >= 0.6 is 0 Å². The largest absolute Gasteiger partial charge is 0.497 e. The van der Waals surface area contributed by atoms with Crippen LogP contribution in [0.1, 0.15) is 17.2 Å². The molecule has 4 heteroatoms. The minimum atomic E-state index is -0.268. The fourth-order valence-corrected chi connectivity index (χ4v) is 1.94. The summed E-state index contributed by atoms with van der Waals surface area (Å²) in [4.78, 5) is 0. The van der Waals surface area contributed by atoms with Crippen LogP contribution in [0, 0.1) is 0 Å². The van der Waals surface area contributed by atoms with Crippen molar-refractivity contribution in [3.63, 3.8) is 0 Å². The molecule has 2 rings (SSSR count). The summed E-state index contributed by atoms with van der Waals surface area (Å²) in [6, 6.07) is 15.3. The Morgan fingerprint density at radius 2 is 1.85 bits per heavy atom. The van der Waals surface area contributed by atoms with Gasteiger partial charge in [0, 0.05) is 18.2 Å². The first kappa shape index (κ1) is 14.4. The van der Waals surface area contributed by atoms with E-state index >= 15 is 0 Å². The molecule has 0 radical (unpaired) electrons. The molecule has 0 fully saturated rings. The smallest absolute Gasteiger partial charge is 0.124 e. The average molecular weight is 272 g/mol. The van der Waals surface area contributed by atoms with E-state index in [4.69, 9.17) is 20.9 Å². The van der Waals surface area contributed by atoms with Gasteiger partial charge < -0.3 is 20.9 Å². The molecule has 0 heterocycles. The number of hydrogen-bond acceptors (Lipinski definition) is 4. The Morgan fingerprint density at radius 3 is 2.50 bits per heavy atom. The zero-order chi connectivity index (χ0) is 14.4. The highest BCUT2D eigenvalue weighted by atomic mass is 16.5. The molecule has 0 aliphatic heterocycles. The maximum Gasteiger partial charge on any atom is 0.124 e. The van der Waals surface area contributed by atoms with E-state index in [1.807, 2.05) is 48.5 Å². The van der Waals surface area contributed by atoms with E-state index in [1.54, 1.807) is 7.11 Å². The molecule has 0 saturated carbocycles. The molecule has 106 valence electrons. The van der Waals surface area contributed by atoms with Crippen molar-refractivity contribution in [1.29, 1.82) is 0 Å². The third-order valence-electron chi connectivity index (χ3n) is 3.11. The monoisotopic (exact) mass is 272 g/mol. The fourth-order valence-electron chi connectivity index (χ4n) is 1.94. The molecule has 0 saturated heterocycles. The second-order valence-corrected chi connectivity index (χ2v) is 4.52. The molecule has 0 aliphatic rings. The van der Waals surface area contributed by atoms with Gasteiger partial charge in [-0.1, -0.05) is 30.3 Å². The van der Waals surface area contributed by atoms with Crippen molar-refractivity contribution in [2.24, 2.45) is 11.5 Å². The third kappa shape index (κ3) is 3.50. The number of hydrogen-bond donors (Lipinski definition) is 2. The first-order valence-electron chi connectivity index (χ1n) is 6.55. The quantitative estimate of drug-likeness (QED) is 0.846. The van der Waals surface area contributed by atoms with Gasteiger partial charge in [-0.25, -0.2) is 0 Å². The minimum Gasteiger partial charge on any atom is -0.497 e. The zero-order valence-corrected chi connectivity index (χ0v) is 11.6. The van der Waals surface area contributed by atoms with Crippen LogP contribution in [0.2, 0.25) is 0 Å².